The number of hydrogen-bond donors (Lipinski definition) is 1. The van der Waals surface area contributed by atoms with E-state index in [1.807, 2.05) is 24.4 Å². The number of nitrogens with one attached hydrogen (secondary N) is 1. The lowest BCUT2D eigenvalue weighted by atomic mass is 9.76. The number of benzene rings is 3. The molecule has 1 N–H and O–H groups in total. The van der Waals surface area contributed by atoms with E-state index in [2.05, 4.69) is 77.8 Å². The van der Waals surface area contributed by atoms with Crippen LogP contribution in [0.15, 0.2) is 77.8 Å². The number of methoxy groups -OCH3 is 1. The van der Waals surface area contributed by atoms with Gasteiger partial charge in [0.15, 0.2) is 11.5 Å². The number of rotatable bonds is 6. The fraction of sp³-hybridized carbons (Fsp3) is 0.233. The molecule has 2 aliphatic rings. The van der Waals surface area contributed by atoms with Gasteiger partial charge >= 0.3 is 0 Å². The zero-order chi connectivity index (χ0) is 23.5. The number of nitrogens with zero attached hydrogens (tertiary/aromatic N) is 1. The number of aryl methyl sites for hydroxylation is 1. The molecule has 5 rings (SSSR count). The molecule has 0 amide bonds. The summed E-state index contributed by atoms with van der Waals surface area (Å²) in [6.07, 6.45) is 12.9. The normalized spacial score (nSPS) is 20.3. The van der Waals surface area contributed by atoms with Gasteiger partial charge in [0.25, 0.3) is 0 Å². The SMILES string of the molecule is C#CCOc1ccc(C=Nc2ccc([C@@H]3Nc4ccc(C)cc4[C@H]4C=CC[C@@H]43)cc2)cc1OC. The van der Waals surface area contributed by atoms with Crippen LogP contribution in [0.3, 0.4) is 0 Å². The van der Waals surface area contributed by atoms with Crippen molar-refractivity contribution in [1.29, 1.82) is 0 Å². The molecule has 3 aromatic rings. The molecule has 34 heavy (non-hydrogen) atoms. The quantitative estimate of drug-likeness (QED) is 0.263. The van der Waals surface area contributed by atoms with Crippen LogP contribution < -0.4 is 14.8 Å². The molecule has 1 aliphatic heterocycles. The average molecular weight is 449 g/mol. The molecule has 0 radical (unpaired) electrons. The molecule has 170 valence electrons. The summed E-state index contributed by atoms with van der Waals surface area (Å²) in [5, 5.41) is 3.81. The van der Waals surface area contributed by atoms with Crippen LogP contribution in [0, 0.1) is 25.2 Å². The maximum atomic E-state index is 5.51. The summed E-state index contributed by atoms with van der Waals surface area (Å²) in [5.41, 5.74) is 7.10. The van der Waals surface area contributed by atoms with Crippen molar-refractivity contribution in [2.45, 2.75) is 25.3 Å². The molecular weight excluding hydrogens is 420 g/mol. The van der Waals surface area contributed by atoms with Gasteiger partial charge in [0, 0.05) is 17.8 Å². The Kier molecular flexibility index (Phi) is 6.10. The lowest BCUT2D eigenvalue weighted by molar-refractivity contribution is 0.331. The molecule has 4 heteroatoms. The van der Waals surface area contributed by atoms with E-state index in [9.17, 15) is 0 Å². The van der Waals surface area contributed by atoms with Crippen LogP contribution in [-0.2, 0) is 0 Å². The van der Waals surface area contributed by atoms with Gasteiger partial charge in [-0.25, -0.2) is 0 Å². The number of hydrogen-bond acceptors (Lipinski definition) is 4. The van der Waals surface area contributed by atoms with Crippen LogP contribution in [-0.4, -0.2) is 19.9 Å². The second-order valence-corrected chi connectivity index (χ2v) is 8.82. The first-order valence-electron chi connectivity index (χ1n) is 11.6. The Morgan fingerprint density at radius 3 is 2.74 bits per heavy atom. The van der Waals surface area contributed by atoms with Gasteiger partial charge in [-0.1, -0.05) is 47.9 Å². The molecule has 0 bridgehead atoms. The molecule has 0 saturated carbocycles. The number of anilines is 1. The number of aliphatic imine (C=N–C) groups is 1. The predicted molar refractivity (Wildman–Crippen MR) is 139 cm³/mol. The van der Waals surface area contributed by atoms with E-state index in [0.29, 0.717) is 23.3 Å². The van der Waals surface area contributed by atoms with Crippen molar-refractivity contribution >= 4 is 17.6 Å². The smallest absolute Gasteiger partial charge is 0.162 e. The Bertz CT molecular complexity index is 1280. The summed E-state index contributed by atoms with van der Waals surface area (Å²) in [6, 6.07) is 21.2. The first-order chi connectivity index (χ1) is 16.7. The number of fused-ring (bicyclic) bond motifs is 3. The summed E-state index contributed by atoms with van der Waals surface area (Å²) in [6.45, 7) is 2.37. The summed E-state index contributed by atoms with van der Waals surface area (Å²) in [5.74, 6) is 4.73. The van der Waals surface area contributed by atoms with Crippen molar-refractivity contribution in [3.05, 3.63) is 95.1 Å². The maximum absolute atomic E-state index is 5.51. The molecule has 0 spiro atoms. The molecule has 1 aliphatic carbocycles. The first kappa shape index (κ1) is 21.9. The van der Waals surface area contributed by atoms with Gasteiger partial charge in [-0.2, -0.15) is 0 Å². The molecule has 0 saturated heterocycles. The van der Waals surface area contributed by atoms with Crippen molar-refractivity contribution < 1.29 is 9.47 Å². The van der Waals surface area contributed by atoms with Crippen molar-refractivity contribution in [3.8, 4) is 23.8 Å². The van der Waals surface area contributed by atoms with E-state index >= 15 is 0 Å². The fourth-order valence-corrected chi connectivity index (χ4v) is 4.96. The predicted octanol–water partition coefficient (Wildman–Crippen LogP) is 6.59. The molecule has 0 unspecified atom stereocenters. The van der Waals surface area contributed by atoms with Crippen LogP contribution in [0.2, 0.25) is 0 Å². The second kappa shape index (κ2) is 9.49. The standard InChI is InChI=1S/C30H28N2O2/c1-4-16-34-28-15-9-21(18-29(28)33-3)19-31-23-12-10-22(11-13-23)30-25-7-5-6-24(25)26-17-20(2)8-14-27(26)32-30/h1,5-6,8-15,17-19,24-25,30,32H,7,16H2,2-3H3/t24-,25-,30-/m0/s1. The van der Waals surface area contributed by atoms with Crippen molar-refractivity contribution in [2.24, 2.45) is 10.9 Å². The van der Waals surface area contributed by atoms with Crippen molar-refractivity contribution in [1.82, 2.24) is 0 Å². The van der Waals surface area contributed by atoms with Crippen LogP contribution in [0.1, 0.15) is 40.6 Å². The van der Waals surface area contributed by atoms with Crippen LogP contribution in [0.4, 0.5) is 11.4 Å². The summed E-state index contributed by atoms with van der Waals surface area (Å²) >= 11 is 0. The minimum absolute atomic E-state index is 0.203. The van der Waals surface area contributed by atoms with Gasteiger partial charge in [-0.15, -0.1) is 6.42 Å². The van der Waals surface area contributed by atoms with E-state index in [1.54, 1.807) is 7.11 Å². The molecule has 3 atom stereocenters. The highest BCUT2D eigenvalue weighted by Crippen LogP contribution is 2.50. The highest BCUT2D eigenvalue weighted by molar-refractivity contribution is 5.83. The Hall–Kier alpha value is -3.97. The topological polar surface area (TPSA) is 42.8 Å². The third-order valence-electron chi connectivity index (χ3n) is 6.63. The Labute approximate surface area is 201 Å². The van der Waals surface area contributed by atoms with Crippen LogP contribution >= 0.6 is 0 Å². The van der Waals surface area contributed by atoms with E-state index in [4.69, 9.17) is 15.9 Å². The maximum Gasteiger partial charge on any atom is 0.162 e. The van der Waals surface area contributed by atoms with Crippen LogP contribution in [0.25, 0.3) is 0 Å². The monoisotopic (exact) mass is 448 g/mol. The van der Waals surface area contributed by atoms with E-state index in [1.165, 1.54) is 22.4 Å². The number of ether oxygens (including phenoxy) is 2. The van der Waals surface area contributed by atoms with Gasteiger partial charge in [0.05, 0.1) is 18.8 Å². The highest BCUT2D eigenvalue weighted by Gasteiger charge is 2.37. The zero-order valence-corrected chi connectivity index (χ0v) is 19.5. The van der Waals surface area contributed by atoms with Gasteiger partial charge in [0.1, 0.15) is 6.61 Å². The molecule has 3 aromatic carbocycles. The summed E-state index contributed by atoms with van der Waals surface area (Å²) < 4.78 is 10.9. The third-order valence-corrected chi connectivity index (χ3v) is 6.63. The number of allylic oxidation sites excluding steroid dienone is 2. The second-order valence-electron chi connectivity index (χ2n) is 8.82. The molecule has 0 fully saturated rings. The minimum atomic E-state index is 0.203. The Morgan fingerprint density at radius 2 is 1.94 bits per heavy atom. The van der Waals surface area contributed by atoms with E-state index in [0.717, 1.165) is 17.7 Å². The Morgan fingerprint density at radius 1 is 1.09 bits per heavy atom. The molecule has 0 aromatic heterocycles. The van der Waals surface area contributed by atoms with Crippen LogP contribution in [0.5, 0.6) is 11.5 Å². The van der Waals surface area contributed by atoms with Crippen molar-refractivity contribution in [2.75, 3.05) is 19.0 Å². The lowest BCUT2D eigenvalue weighted by Crippen LogP contribution is -2.29. The average Bonchev–Trinajstić information content (AvgIpc) is 3.37. The summed E-state index contributed by atoms with van der Waals surface area (Å²) in [4.78, 5) is 4.66. The van der Waals surface area contributed by atoms with Gasteiger partial charge in [-0.05, 0) is 72.4 Å². The first-order valence-corrected chi connectivity index (χ1v) is 11.6. The zero-order valence-electron chi connectivity index (χ0n) is 19.5. The van der Waals surface area contributed by atoms with Gasteiger partial charge in [0.2, 0.25) is 0 Å². The number of terminal acetylenes is 1. The minimum Gasteiger partial charge on any atom is -0.493 e. The molecular formula is C30H28N2O2. The van der Waals surface area contributed by atoms with Gasteiger partial charge < -0.3 is 14.8 Å². The Balaban J connectivity index is 1.33. The summed E-state index contributed by atoms with van der Waals surface area (Å²) in [7, 11) is 1.61. The third kappa shape index (κ3) is 4.30. The largest absolute Gasteiger partial charge is 0.493 e. The van der Waals surface area contributed by atoms with Gasteiger partial charge in [-0.3, -0.25) is 4.99 Å². The fourth-order valence-electron chi connectivity index (χ4n) is 4.96. The lowest BCUT2D eigenvalue weighted by Gasteiger charge is -2.37. The van der Waals surface area contributed by atoms with E-state index < -0.39 is 0 Å². The molecule has 4 nitrogen and oxygen atoms in total. The van der Waals surface area contributed by atoms with E-state index in [-0.39, 0.29) is 12.6 Å². The van der Waals surface area contributed by atoms with Crippen molar-refractivity contribution in [3.63, 3.8) is 0 Å². The highest BCUT2D eigenvalue weighted by atomic mass is 16.5. The molecule has 1 heterocycles.